The van der Waals surface area contributed by atoms with Gasteiger partial charge in [0, 0.05) is 4.47 Å². The number of halogens is 1. The lowest BCUT2D eigenvalue weighted by atomic mass is 10.2. The standard InChI is InChI=1S/C17H13BrN2O3S/c1-23-14-7-2-10(8-13(14)21)9-15-16(22)20-17(24-15)19-12-5-3-11(18)4-6-12/h2-9,21H,1H3,(H,19,20,22)/b15-9-. The van der Waals surface area contributed by atoms with Crippen LogP contribution >= 0.6 is 27.7 Å². The minimum absolute atomic E-state index is 0.0269. The molecular weight excluding hydrogens is 392 g/mol. The van der Waals surface area contributed by atoms with E-state index in [0.717, 1.165) is 10.2 Å². The zero-order valence-electron chi connectivity index (χ0n) is 12.6. The molecule has 5 nitrogen and oxygen atoms in total. The summed E-state index contributed by atoms with van der Waals surface area (Å²) in [6, 6.07) is 12.4. The van der Waals surface area contributed by atoms with E-state index < -0.39 is 0 Å². The first kappa shape index (κ1) is 16.6. The number of nitrogens with zero attached hydrogens (tertiary/aromatic N) is 1. The van der Waals surface area contributed by atoms with E-state index in [-0.39, 0.29) is 11.7 Å². The van der Waals surface area contributed by atoms with Crippen molar-refractivity contribution in [1.29, 1.82) is 0 Å². The van der Waals surface area contributed by atoms with E-state index in [4.69, 9.17) is 4.74 Å². The number of phenols is 1. The number of methoxy groups -OCH3 is 1. The number of carbonyl (C=O) groups is 1. The van der Waals surface area contributed by atoms with E-state index in [0.29, 0.717) is 21.4 Å². The summed E-state index contributed by atoms with van der Waals surface area (Å²) in [4.78, 5) is 17.0. The summed E-state index contributed by atoms with van der Waals surface area (Å²) in [5.74, 6) is 0.198. The molecule has 0 atom stereocenters. The molecule has 2 N–H and O–H groups in total. The molecule has 7 heteroatoms. The van der Waals surface area contributed by atoms with Gasteiger partial charge in [0.05, 0.1) is 17.7 Å². The van der Waals surface area contributed by atoms with Crippen molar-refractivity contribution >= 4 is 50.5 Å². The molecule has 3 rings (SSSR count). The van der Waals surface area contributed by atoms with Crippen molar-refractivity contribution in [2.24, 2.45) is 4.99 Å². The van der Waals surface area contributed by atoms with Gasteiger partial charge in [0.1, 0.15) is 0 Å². The molecule has 1 aliphatic heterocycles. The molecule has 0 saturated carbocycles. The highest BCUT2D eigenvalue weighted by Crippen LogP contribution is 2.31. The smallest absolute Gasteiger partial charge is 0.264 e. The first-order valence-corrected chi connectivity index (χ1v) is 8.58. The largest absolute Gasteiger partial charge is 0.504 e. The SMILES string of the molecule is COc1ccc(/C=C2\SC(=Nc3ccc(Br)cc3)NC2=O)cc1O. The summed E-state index contributed by atoms with van der Waals surface area (Å²) < 4.78 is 5.97. The number of amidine groups is 1. The van der Waals surface area contributed by atoms with Gasteiger partial charge in [-0.25, -0.2) is 4.99 Å². The summed E-state index contributed by atoms with van der Waals surface area (Å²) in [6.45, 7) is 0. The molecule has 1 saturated heterocycles. The molecule has 122 valence electrons. The van der Waals surface area contributed by atoms with Crippen LogP contribution in [0.4, 0.5) is 5.69 Å². The van der Waals surface area contributed by atoms with Crippen LogP contribution in [-0.2, 0) is 4.79 Å². The maximum Gasteiger partial charge on any atom is 0.264 e. The molecule has 1 amide bonds. The number of aliphatic imine (C=N–C) groups is 1. The number of rotatable bonds is 3. The number of amides is 1. The number of ether oxygens (including phenoxy) is 1. The van der Waals surface area contributed by atoms with E-state index in [2.05, 4.69) is 26.2 Å². The Morgan fingerprint density at radius 3 is 2.67 bits per heavy atom. The van der Waals surface area contributed by atoms with Crippen LogP contribution < -0.4 is 10.1 Å². The second-order valence-electron chi connectivity index (χ2n) is 4.89. The van der Waals surface area contributed by atoms with Gasteiger partial charge in [0.15, 0.2) is 16.7 Å². The van der Waals surface area contributed by atoms with Gasteiger partial charge in [0.25, 0.3) is 5.91 Å². The number of aromatic hydroxyl groups is 1. The molecule has 0 radical (unpaired) electrons. The van der Waals surface area contributed by atoms with E-state index in [1.807, 2.05) is 24.3 Å². The van der Waals surface area contributed by atoms with Crippen molar-refractivity contribution in [3.05, 3.63) is 57.4 Å². The van der Waals surface area contributed by atoms with Crippen molar-refractivity contribution in [3.8, 4) is 11.5 Å². The Balaban J connectivity index is 1.81. The topological polar surface area (TPSA) is 70.9 Å². The van der Waals surface area contributed by atoms with Gasteiger partial charge in [-0.15, -0.1) is 0 Å². The molecule has 0 aliphatic carbocycles. The Hall–Kier alpha value is -2.25. The monoisotopic (exact) mass is 404 g/mol. The second-order valence-corrected chi connectivity index (χ2v) is 6.84. The van der Waals surface area contributed by atoms with Gasteiger partial charge < -0.3 is 15.2 Å². The first-order valence-electron chi connectivity index (χ1n) is 6.97. The lowest BCUT2D eigenvalue weighted by Crippen LogP contribution is -2.19. The fraction of sp³-hybridized carbons (Fsp3) is 0.0588. The molecule has 2 aromatic rings. The quantitative estimate of drug-likeness (QED) is 0.756. The second kappa shape index (κ2) is 7.11. The van der Waals surface area contributed by atoms with E-state index in [1.54, 1.807) is 24.3 Å². The summed E-state index contributed by atoms with van der Waals surface area (Å²) in [7, 11) is 1.48. The van der Waals surface area contributed by atoms with Gasteiger partial charge in [-0.1, -0.05) is 22.0 Å². The van der Waals surface area contributed by atoms with E-state index in [1.165, 1.54) is 18.9 Å². The fourth-order valence-corrected chi connectivity index (χ4v) is 3.17. The Morgan fingerprint density at radius 2 is 2.00 bits per heavy atom. The minimum atomic E-state index is -0.217. The number of thioether (sulfide) groups is 1. The Morgan fingerprint density at radius 1 is 1.25 bits per heavy atom. The average Bonchev–Trinajstić information content (AvgIpc) is 2.89. The highest BCUT2D eigenvalue weighted by Gasteiger charge is 2.23. The zero-order chi connectivity index (χ0) is 17.1. The first-order chi connectivity index (χ1) is 11.5. The lowest BCUT2D eigenvalue weighted by molar-refractivity contribution is -0.115. The number of hydrogen-bond donors (Lipinski definition) is 2. The third-order valence-electron chi connectivity index (χ3n) is 3.21. The van der Waals surface area contributed by atoms with Gasteiger partial charge in [-0.3, -0.25) is 4.79 Å². The van der Waals surface area contributed by atoms with Crippen LogP contribution in [0.1, 0.15) is 5.56 Å². The van der Waals surface area contributed by atoms with Crippen molar-refractivity contribution in [2.45, 2.75) is 0 Å². The molecule has 1 heterocycles. The van der Waals surface area contributed by atoms with Crippen LogP contribution in [0.15, 0.2) is 56.8 Å². The molecule has 0 unspecified atom stereocenters. The number of carbonyl (C=O) groups excluding carboxylic acids is 1. The Kier molecular flexibility index (Phi) is 4.92. The average molecular weight is 405 g/mol. The van der Waals surface area contributed by atoms with Gasteiger partial charge in [-0.05, 0) is 59.8 Å². The summed E-state index contributed by atoms with van der Waals surface area (Å²) in [5.41, 5.74) is 1.46. The van der Waals surface area contributed by atoms with Crippen LogP contribution in [0.5, 0.6) is 11.5 Å². The van der Waals surface area contributed by atoms with Gasteiger partial charge >= 0.3 is 0 Å². The number of benzene rings is 2. The number of phenolic OH excluding ortho intramolecular Hbond substituents is 1. The third-order valence-corrected chi connectivity index (χ3v) is 4.65. The minimum Gasteiger partial charge on any atom is -0.504 e. The molecule has 0 bridgehead atoms. The Labute approximate surface area is 151 Å². The summed E-state index contributed by atoms with van der Waals surface area (Å²) in [6.07, 6.45) is 1.70. The van der Waals surface area contributed by atoms with Crippen LogP contribution in [0, 0.1) is 0 Å². The zero-order valence-corrected chi connectivity index (χ0v) is 15.0. The summed E-state index contributed by atoms with van der Waals surface area (Å²) >= 11 is 4.62. The van der Waals surface area contributed by atoms with Crippen molar-refractivity contribution in [3.63, 3.8) is 0 Å². The van der Waals surface area contributed by atoms with Crippen molar-refractivity contribution < 1.29 is 14.6 Å². The van der Waals surface area contributed by atoms with E-state index >= 15 is 0 Å². The van der Waals surface area contributed by atoms with Crippen LogP contribution in [0.2, 0.25) is 0 Å². The molecule has 1 fully saturated rings. The van der Waals surface area contributed by atoms with Crippen molar-refractivity contribution in [2.75, 3.05) is 7.11 Å². The highest BCUT2D eigenvalue weighted by atomic mass is 79.9. The molecule has 2 aromatic carbocycles. The maximum atomic E-state index is 12.1. The Bertz CT molecular complexity index is 847. The molecule has 1 aliphatic rings. The molecule has 24 heavy (non-hydrogen) atoms. The number of hydrogen-bond acceptors (Lipinski definition) is 5. The van der Waals surface area contributed by atoms with E-state index in [9.17, 15) is 9.90 Å². The highest BCUT2D eigenvalue weighted by molar-refractivity contribution is 9.10. The molecule has 0 aromatic heterocycles. The van der Waals surface area contributed by atoms with Gasteiger partial charge in [0.2, 0.25) is 0 Å². The maximum absolute atomic E-state index is 12.1. The normalized spacial score (nSPS) is 17.3. The third kappa shape index (κ3) is 3.80. The molecular formula is C17H13BrN2O3S. The predicted octanol–water partition coefficient (Wildman–Crippen LogP) is 4.05. The fourth-order valence-electron chi connectivity index (χ4n) is 2.06. The number of nitrogens with one attached hydrogen (secondary N) is 1. The predicted molar refractivity (Wildman–Crippen MR) is 99.6 cm³/mol. The van der Waals surface area contributed by atoms with Crippen molar-refractivity contribution in [1.82, 2.24) is 5.32 Å². The van der Waals surface area contributed by atoms with Crippen LogP contribution in [0.3, 0.4) is 0 Å². The van der Waals surface area contributed by atoms with Gasteiger partial charge in [-0.2, -0.15) is 0 Å². The van der Waals surface area contributed by atoms with Crippen LogP contribution in [0.25, 0.3) is 6.08 Å². The summed E-state index contributed by atoms with van der Waals surface area (Å²) in [5, 5.41) is 13.1. The van der Waals surface area contributed by atoms with Crippen LogP contribution in [-0.4, -0.2) is 23.3 Å². The molecule has 0 spiro atoms. The lowest BCUT2D eigenvalue weighted by Gasteiger charge is -2.03.